The van der Waals surface area contributed by atoms with Crippen molar-refractivity contribution in [3.05, 3.63) is 23.9 Å². The van der Waals surface area contributed by atoms with Crippen LogP contribution in [-0.4, -0.2) is 51.5 Å². The molecule has 2 rings (SSSR count). The fraction of sp³-hybridized carbons (Fsp3) is 0.538. The maximum Gasteiger partial charge on any atom is 0.419 e. The molecule has 0 spiro atoms. The van der Waals surface area contributed by atoms with Gasteiger partial charge in [0, 0.05) is 19.2 Å². The van der Waals surface area contributed by atoms with Crippen molar-refractivity contribution in [1.29, 1.82) is 0 Å². The van der Waals surface area contributed by atoms with E-state index in [9.17, 15) is 23.1 Å². The number of likely N-dealkylation sites (tertiary alicyclic amines) is 1. The van der Waals surface area contributed by atoms with E-state index in [1.165, 1.54) is 24.0 Å². The van der Waals surface area contributed by atoms with Gasteiger partial charge in [0.25, 0.3) is 5.91 Å². The third-order valence-corrected chi connectivity index (χ3v) is 4.16. The van der Waals surface area contributed by atoms with Crippen LogP contribution in [0.4, 0.5) is 13.2 Å². The molecule has 4 nitrogen and oxygen atoms in total. The molecule has 0 radical (unpaired) electrons. The molecule has 0 aliphatic carbocycles. The number of aromatic nitrogens is 1. The van der Waals surface area contributed by atoms with Crippen LogP contribution >= 0.6 is 11.8 Å². The molecule has 1 amide bonds. The van der Waals surface area contributed by atoms with Crippen LogP contribution in [0.15, 0.2) is 23.4 Å². The fourth-order valence-electron chi connectivity index (χ4n) is 2.12. The maximum absolute atomic E-state index is 12.7. The molecule has 21 heavy (non-hydrogen) atoms. The first-order valence-electron chi connectivity index (χ1n) is 6.44. The lowest BCUT2D eigenvalue weighted by atomic mass is 10.0. The minimum absolute atomic E-state index is 0.125. The van der Waals surface area contributed by atoms with E-state index in [1.807, 2.05) is 6.92 Å². The Labute approximate surface area is 124 Å². The summed E-state index contributed by atoms with van der Waals surface area (Å²) in [7, 11) is 0. The number of hydrogen-bond acceptors (Lipinski definition) is 4. The number of hydrogen-bond donors (Lipinski definition) is 1. The SMILES string of the molecule is CCSc1ccc(C(=O)N2CC[C@](O)(C(F)(F)F)C2)cn1. The second-order valence-corrected chi connectivity index (χ2v) is 6.11. The van der Waals surface area contributed by atoms with Crippen molar-refractivity contribution in [3.63, 3.8) is 0 Å². The maximum atomic E-state index is 12.7. The van der Waals surface area contributed by atoms with Crippen LogP contribution < -0.4 is 0 Å². The number of thioether (sulfide) groups is 1. The van der Waals surface area contributed by atoms with Crippen LogP contribution in [0.5, 0.6) is 0 Å². The highest BCUT2D eigenvalue weighted by molar-refractivity contribution is 7.99. The molecule has 8 heteroatoms. The van der Waals surface area contributed by atoms with Gasteiger partial charge in [0.1, 0.15) is 0 Å². The second kappa shape index (κ2) is 5.84. The number of pyridine rings is 1. The summed E-state index contributed by atoms with van der Waals surface area (Å²) in [6.45, 7) is 1.11. The van der Waals surface area contributed by atoms with E-state index in [0.29, 0.717) is 0 Å². The summed E-state index contributed by atoms with van der Waals surface area (Å²) < 4.78 is 38.2. The Kier molecular flexibility index (Phi) is 4.48. The van der Waals surface area contributed by atoms with Gasteiger partial charge in [-0.3, -0.25) is 4.79 Å². The summed E-state index contributed by atoms with van der Waals surface area (Å²) in [6.07, 6.45) is -3.88. The summed E-state index contributed by atoms with van der Waals surface area (Å²) in [5.74, 6) is 0.293. The van der Waals surface area contributed by atoms with Crippen molar-refractivity contribution >= 4 is 17.7 Å². The fourth-order valence-corrected chi connectivity index (χ4v) is 2.71. The number of rotatable bonds is 3. The summed E-state index contributed by atoms with van der Waals surface area (Å²) in [4.78, 5) is 17.2. The monoisotopic (exact) mass is 320 g/mol. The molecule has 116 valence electrons. The van der Waals surface area contributed by atoms with Crippen LogP contribution in [0.2, 0.25) is 0 Å². The Morgan fingerprint density at radius 1 is 1.52 bits per heavy atom. The standard InChI is InChI=1S/C13H15F3N2O2S/c1-2-21-10-4-3-9(7-17-10)11(19)18-6-5-12(20,8-18)13(14,15)16/h3-4,7,20H,2,5-6,8H2,1H3/t12-/m1/s1. The Hall–Kier alpha value is -1.28. The average Bonchev–Trinajstić information content (AvgIpc) is 2.83. The number of halogens is 3. The zero-order chi connectivity index (χ0) is 15.7. The van der Waals surface area contributed by atoms with Gasteiger partial charge >= 0.3 is 6.18 Å². The summed E-state index contributed by atoms with van der Waals surface area (Å²) >= 11 is 1.51. The highest BCUT2D eigenvalue weighted by Crippen LogP contribution is 2.37. The van der Waals surface area contributed by atoms with Gasteiger partial charge in [-0.25, -0.2) is 4.98 Å². The number of aliphatic hydroxyl groups is 1. The average molecular weight is 320 g/mol. The highest BCUT2D eigenvalue weighted by Gasteiger charge is 2.57. The molecule has 1 aliphatic rings. The first-order valence-corrected chi connectivity index (χ1v) is 7.42. The van der Waals surface area contributed by atoms with Gasteiger partial charge < -0.3 is 10.0 Å². The second-order valence-electron chi connectivity index (χ2n) is 4.82. The molecule has 0 unspecified atom stereocenters. The normalized spacial score (nSPS) is 22.6. The molecule has 1 aliphatic heterocycles. The van der Waals surface area contributed by atoms with Gasteiger partial charge in [-0.05, 0) is 17.9 Å². The van der Waals surface area contributed by atoms with E-state index in [-0.39, 0.29) is 12.1 Å². The van der Waals surface area contributed by atoms with E-state index in [2.05, 4.69) is 4.98 Å². The van der Waals surface area contributed by atoms with Crippen LogP contribution in [0.25, 0.3) is 0 Å². The largest absolute Gasteiger partial charge is 0.419 e. The molecular weight excluding hydrogens is 305 g/mol. The molecule has 1 atom stereocenters. The smallest absolute Gasteiger partial charge is 0.379 e. The molecule has 1 aromatic heterocycles. The lowest BCUT2D eigenvalue weighted by Gasteiger charge is -2.25. The highest BCUT2D eigenvalue weighted by atomic mass is 32.2. The van der Waals surface area contributed by atoms with Crippen LogP contribution in [-0.2, 0) is 0 Å². The molecule has 0 bridgehead atoms. The van der Waals surface area contributed by atoms with E-state index in [4.69, 9.17) is 0 Å². The quantitative estimate of drug-likeness (QED) is 0.869. The topological polar surface area (TPSA) is 53.4 Å². The summed E-state index contributed by atoms with van der Waals surface area (Å²) in [5, 5.41) is 10.3. The molecule has 1 N–H and O–H groups in total. The Balaban J connectivity index is 2.08. The zero-order valence-electron chi connectivity index (χ0n) is 11.4. The molecular formula is C13H15F3N2O2S. The molecule has 2 heterocycles. The van der Waals surface area contributed by atoms with Gasteiger partial charge in [-0.2, -0.15) is 13.2 Å². The van der Waals surface area contributed by atoms with Gasteiger partial charge in [0.15, 0.2) is 5.60 Å². The van der Waals surface area contributed by atoms with Gasteiger partial charge in [0.05, 0.1) is 17.1 Å². The predicted octanol–water partition coefficient (Wildman–Crippen LogP) is 2.33. The molecule has 1 fully saturated rings. The Morgan fingerprint density at radius 3 is 2.71 bits per heavy atom. The number of alkyl halides is 3. The van der Waals surface area contributed by atoms with E-state index in [1.54, 1.807) is 6.07 Å². The molecule has 1 aromatic rings. The van der Waals surface area contributed by atoms with Gasteiger partial charge in [-0.15, -0.1) is 11.8 Å². The van der Waals surface area contributed by atoms with Crippen molar-refractivity contribution in [3.8, 4) is 0 Å². The molecule has 0 saturated carbocycles. The van der Waals surface area contributed by atoms with Gasteiger partial charge in [-0.1, -0.05) is 6.92 Å². The first kappa shape index (κ1) is 16.1. The van der Waals surface area contributed by atoms with Gasteiger partial charge in [0.2, 0.25) is 0 Å². The van der Waals surface area contributed by atoms with Crippen molar-refractivity contribution in [1.82, 2.24) is 9.88 Å². The van der Waals surface area contributed by atoms with Crippen molar-refractivity contribution < 1.29 is 23.1 Å². The van der Waals surface area contributed by atoms with Crippen molar-refractivity contribution in [2.24, 2.45) is 0 Å². The van der Waals surface area contributed by atoms with Crippen molar-refractivity contribution in [2.45, 2.75) is 30.1 Å². The lowest BCUT2D eigenvalue weighted by Crippen LogP contribution is -2.48. The minimum atomic E-state index is -4.73. The number of carbonyl (C=O) groups excluding carboxylic acids is 1. The summed E-state index contributed by atoms with van der Waals surface area (Å²) in [6, 6.07) is 3.20. The third kappa shape index (κ3) is 3.32. The number of β-amino-alcohol motifs (C(OH)–C–C–N with tert-alkyl or cyclic N) is 1. The van der Waals surface area contributed by atoms with Crippen LogP contribution in [0.3, 0.4) is 0 Å². The Bertz CT molecular complexity index is 521. The number of carbonyl (C=O) groups is 1. The third-order valence-electron chi connectivity index (χ3n) is 3.34. The molecule has 1 saturated heterocycles. The van der Waals surface area contributed by atoms with Crippen LogP contribution in [0, 0.1) is 0 Å². The van der Waals surface area contributed by atoms with Crippen molar-refractivity contribution in [2.75, 3.05) is 18.8 Å². The van der Waals surface area contributed by atoms with E-state index in [0.717, 1.165) is 15.7 Å². The Morgan fingerprint density at radius 2 is 2.24 bits per heavy atom. The zero-order valence-corrected chi connectivity index (χ0v) is 12.2. The number of amides is 1. The first-order chi connectivity index (χ1) is 9.77. The minimum Gasteiger partial charge on any atom is -0.379 e. The lowest BCUT2D eigenvalue weighted by molar-refractivity contribution is -0.253. The number of nitrogens with zero attached hydrogens (tertiary/aromatic N) is 2. The molecule has 0 aromatic carbocycles. The van der Waals surface area contributed by atoms with E-state index >= 15 is 0 Å². The predicted molar refractivity (Wildman–Crippen MR) is 72.2 cm³/mol. The van der Waals surface area contributed by atoms with Crippen LogP contribution in [0.1, 0.15) is 23.7 Å². The van der Waals surface area contributed by atoms with E-state index < -0.39 is 30.7 Å². The summed E-state index contributed by atoms with van der Waals surface area (Å²) in [5.41, 5.74) is -2.59.